The number of aryl methyl sites for hydroxylation is 1. The Morgan fingerprint density at radius 2 is 1.68 bits per heavy atom. The molecule has 0 radical (unpaired) electrons. The molecule has 0 aromatic heterocycles. The highest BCUT2D eigenvalue weighted by Crippen LogP contribution is 2.36. The standard InChI is InChI=1S/C24H27N3O4/c1-17-6-8-18(9-7-17)21-22(26-12-10-25(11-13-26)14-15-28)24(30)27(23(21)29)19-4-3-5-20(16-19)31-2/h3-9,16,28H,10-15H2,1-2H3. The smallest absolute Gasteiger partial charge is 0.282 e. The predicted octanol–water partition coefficient (Wildman–Crippen LogP) is 1.90. The molecule has 2 aromatic carbocycles. The van der Waals surface area contributed by atoms with Gasteiger partial charge in [-0.25, -0.2) is 4.90 Å². The first kappa shape index (κ1) is 21.1. The summed E-state index contributed by atoms with van der Waals surface area (Å²) >= 11 is 0. The number of nitrogens with zero attached hydrogens (tertiary/aromatic N) is 3. The molecule has 0 saturated carbocycles. The van der Waals surface area contributed by atoms with Gasteiger partial charge in [0.25, 0.3) is 11.8 Å². The van der Waals surface area contributed by atoms with Crippen LogP contribution in [0.4, 0.5) is 5.69 Å². The summed E-state index contributed by atoms with van der Waals surface area (Å²) < 4.78 is 5.29. The highest BCUT2D eigenvalue weighted by Gasteiger charge is 2.43. The van der Waals surface area contributed by atoms with Crippen LogP contribution in [0, 0.1) is 6.92 Å². The van der Waals surface area contributed by atoms with Crippen molar-refractivity contribution in [2.75, 3.05) is 51.3 Å². The maximum Gasteiger partial charge on any atom is 0.282 e. The van der Waals surface area contributed by atoms with E-state index in [1.54, 1.807) is 31.4 Å². The average Bonchev–Trinajstić information content (AvgIpc) is 3.05. The zero-order valence-electron chi connectivity index (χ0n) is 17.9. The van der Waals surface area contributed by atoms with Crippen molar-refractivity contribution in [3.05, 3.63) is 65.4 Å². The van der Waals surface area contributed by atoms with Crippen LogP contribution in [0.25, 0.3) is 5.57 Å². The van der Waals surface area contributed by atoms with Gasteiger partial charge in [-0.15, -0.1) is 0 Å². The lowest BCUT2D eigenvalue weighted by molar-refractivity contribution is -0.120. The first-order chi connectivity index (χ1) is 15.0. The Morgan fingerprint density at radius 1 is 0.968 bits per heavy atom. The molecule has 31 heavy (non-hydrogen) atoms. The number of anilines is 1. The number of carbonyl (C=O) groups excluding carboxylic acids is 2. The van der Waals surface area contributed by atoms with Gasteiger partial charge in [-0.1, -0.05) is 35.9 Å². The van der Waals surface area contributed by atoms with Crippen LogP contribution >= 0.6 is 0 Å². The average molecular weight is 421 g/mol. The topological polar surface area (TPSA) is 73.3 Å². The molecule has 7 heteroatoms. The number of methoxy groups -OCH3 is 1. The van der Waals surface area contributed by atoms with Gasteiger partial charge in [0.2, 0.25) is 0 Å². The van der Waals surface area contributed by atoms with Crippen molar-refractivity contribution in [3.63, 3.8) is 0 Å². The number of rotatable bonds is 6. The summed E-state index contributed by atoms with van der Waals surface area (Å²) in [5.41, 5.74) is 3.20. The zero-order chi connectivity index (χ0) is 22.0. The molecule has 2 aliphatic rings. The number of hydrogen-bond donors (Lipinski definition) is 1. The van der Waals surface area contributed by atoms with Crippen molar-refractivity contribution in [2.45, 2.75) is 6.92 Å². The Morgan fingerprint density at radius 3 is 2.32 bits per heavy atom. The maximum atomic E-state index is 13.6. The van der Waals surface area contributed by atoms with Crippen molar-refractivity contribution in [1.29, 1.82) is 0 Å². The van der Waals surface area contributed by atoms with Crippen LogP contribution in [-0.4, -0.2) is 73.2 Å². The fourth-order valence-electron chi connectivity index (χ4n) is 4.11. The van der Waals surface area contributed by atoms with Crippen LogP contribution in [0.2, 0.25) is 0 Å². The van der Waals surface area contributed by atoms with E-state index in [1.807, 2.05) is 36.1 Å². The summed E-state index contributed by atoms with van der Waals surface area (Å²) in [7, 11) is 1.56. The quantitative estimate of drug-likeness (QED) is 0.719. The van der Waals surface area contributed by atoms with Crippen LogP contribution < -0.4 is 9.64 Å². The third kappa shape index (κ3) is 4.06. The first-order valence-electron chi connectivity index (χ1n) is 10.5. The SMILES string of the molecule is COc1cccc(N2C(=O)C(c3ccc(C)cc3)=C(N3CCN(CCO)CC3)C2=O)c1. The molecule has 2 aromatic rings. The molecule has 162 valence electrons. The molecule has 0 spiro atoms. The Bertz CT molecular complexity index is 1010. The van der Waals surface area contributed by atoms with Gasteiger partial charge >= 0.3 is 0 Å². The number of β-amino-alcohol motifs (C(OH)–C–C–N with tert-alkyl or cyclic N) is 1. The summed E-state index contributed by atoms with van der Waals surface area (Å²) in [6.45, 7) is 5.41. The van der Waals surface area contributed by atoms with E-state index < -0.39 is 0 Å². The fourth-order valence-corrected chi connectivity index (χ4v) is 4.11. The van der Waals surface area contributed by atoms with Crippen molar-refractivity contribution in [3.8, 4) is 5.75 Å². The number of aliphatic hydroxyl groups is 1. The number of benzene rings is 2. The molecule has 7 nitrogen and oxygen atoms in total. The Hall–Kier alpha value is -3.16. The molecule has 0 unspecified atom stereocenters. The van der Waals surface area contributed by atoms with E-state index in [-0.39, 0.29) is 18.4 Å². The van der Waals surface area contributed by atoms with Crippen molar-refractivity contribution in [2.24, 2.45) is 0 Å². The minimum atomic E-state index is -0.324. The molecule has 2 heterocycles. The zero-order valence-corrected chi connectivity index (χ0v) is 17.9. The molecule has 1 fully saturated rings. The number of piperazine rings is 1. The number of hydrogen-bond acceptors (Lipinski definition) is 6. The highest BCUT2D eigenvalue weighted by molar-refractivity contribution is 6.45. The summed E-state index contributed by atoms with van der Waals surface area (Å²) in [5.74, 6) is -0.0552. The molecule has 1 N–H and O–H groups in total. The Kier molecular flexibility index (Phi) is 6.06. The third-order valence-corrected chi connectivity index (χ3v) is 5.82. The molecular formula is C24H27N3O4. The lowest BCUT2D eigenvalue weighted by atomic mass is 10.0. The van der Waals surface area contributed by atoms with Crippen LogP contribution in [-0.2, 0) is 9.59 Å². The summed E-state index contributed by atoms with van der Waals surface area (Å²) in [5, 5.41) is 9.21. The number of amides is 2. The molecule has 0 atom stereocenters. The normalized spacial score (nSPS) is 17.6. The van der Waals surface area contributed by atoms with E-state index in [2.05, 4.69) is 4.90 Å². The van der Waals surface area contributed by atoms with Gasteiger partial charge in [-0.3, -0.25) is 14.5 Å². The lowest BCUT2D eigenvalue weighted by Gasteiger charge is -2.36. The predicted molar refractivity (Wildman–Crippen MR) is 119 cm³/mol. The first-order valence-corrected chi connectivity index (χ1v) is 10.5. The van der Waals surface area contributed by atoms with Gasteiger partial charge in [0, 0.05) is 38.8 Å². The highest BCUT2D eigenvalue weighted by atomic mass is 16.5. The maximum absolute atomic E-state index is 13.6. The number of aliphatic hydroxyl groups excluding tert-OH is 1. The lowest BCUT2D eigenvalue weighted by Crippen LogP contribution is -2.48. The van der Waals surface area contributed by atoms with Crippen molar-refractivity contribution in [1.82, 2.24) is 9.80 Å². The molecule has 0 aliphatic carbocycles. The van der Waals surface area contributed by atoms with E-state index in [1.165, 1.54) is 4.90 Å². The Balaban J connectivity index is 1.74. The minimum Gasteiger partial charge on any atom is -0.497 e. The molecule has 2 aliphatic heterocycles. The van der Waals surface area contributed by atoms with Gasteiger partial charge in [0.05, 0.1) is 25.0 Å². The minimum absolute atomic E-state index is 0.109. The van der Waals surface area contributed by atoms with Crippen LogP contribution in [0.5, 0.6) is 5.75 Å². The molecule has 4 rings (SSSR count). The summed E-state index contributed by atoms with van der Waals surface area (Å²) in [6.07, 6.45) is 0. The molecular weight excluding hydrogens is 394 g/mol. The van der Waals surface area contributed by atoms with Gasteiger partial charge in [-0.05, 0) is 24.6 Å². The third-order valence-electron chi connectivity index (χ3n) is 5.82. The van der Waals surface area contributed by atoms with E-state index in [0.29, 0.717) is 42.3 Å². The van der Waals surface area contributed by atoms with E-state index >= 15 is 0 Å². The second-order valence-corrected chi connectivity index (χ2v) is 7.79. The largest absolute Gasteiger partial charge is 0.497 e. The van der Waals surface area contributed by atoms with E-state index in [0.717, 1.165) is 24.2 Å². The number of carbonyl (C=O) groups is 2. The monoisotopic (exact) mass is 421 g/mol. The second-order valence-electron chi connectivity index (χ2n) is 7.79. The van der Waals surface area contributed by atoms with Gasteiger partial charge in [-0.2, -0.15) is 0 Å². The van der Waals surface area contributed by atoms with Gasteiger partial charge in [0.1, 0.15) is 11.4 Å². The van der Waals surface area contributed by atoms with Gasteiger partial charge in [0.15, 0.2) is 0 Å². The van der Waals surface area contributed by atoms with Gasteiger partial charge < -0.3 is 14.7 Å². The molecule has 1 saturated heterocycles. The number of imide groups is 1. The van der Waals surface area contributed by atoms with Crippen molar-refractivity contribution >= 4 is 23.1 Å². The van der Waals surface area contributed by atoms with Crippen LogP contribution in [0.3, 0.4) is 0 Å². The van der Waals surface area contributed by atoms with Crippen LogP contribution in [0.1, 0.15) is 11.1 Å². The summed E-state index contributed by atoms with van der Waals surface area (Å²) in [6, 6.07) is 14.7. The van der Waals surface area contributed by atoms with E-state index in [4.69, 9.17) is 4.74 Å². The molecule has 2 amide bonds. The summed E-state index contributed by atoms with van der Waals surface area (Å²) in [4.78, 5) is 32.5. The van der Waals surface area contributed by atoms with E-state index in [9.17, 15) is 14.7 Å². The fraction of sp³-hybridized carbons (Fsp3) is 0.333. The number of ether oxygens (including phenoxy) is 1. The van der Waals surface area contributed by atoms with Crippen molar-refractivity contribution < 1.29 is 19.4 Å². The van der Waals surface area contributed by atoms with Crippen LogP contribution in [0.15, 0.2) is 54.2 Å². The molecule has 0 bridgehead atoms. The Labute approximate surface area is 182 Å². The second kappa shape index (κ2) is 8.91.